The van der Waals surface area contributed by atoms with Crippen molar-refractivity contribution in [2.45, 2.75) is 6.54 Å². The molecule has 0 bridgehead atoms. The summed E-state index contributed by atoms with van der Waals surface area (Å²) in [6, 6.07) is 8.99. The maximum atomic E-state index is 12.4. The molecule has 3 aromatic rings. The first-order chi connectivity index (χ1) is 12.8. The Morgan fingerprint density at radius 2 is 1.96 bits per heavy atom. The van der Waals surface area contributed by atoms with Gasteiger partial charge >= 0.3 is 0 Å². The van der Waals surface area contributed by atoms with Gasteiger partial charge in [0, 0.05) is 9.50 Å². The first-order valence-corrected chi connectivity index (χ1v) is 8.74. The number of benzene rings is 2. The van der Waals surface area contributed by atoms with Crippen LogP contribution in [-0.4, -0.2) is 26.5 Å². The van der Waals surface area contributed by atoms with Crippen LogP contribution < -0.4 is 16.4 Å². The molecule has 0 aliphatic rings. The van der Waals surface area contributed by atoms with Crippen LogP contribution in [0.25, 0.3) is 10.9 Å². The summed E-state index contributed by atoms with van der Waals surface area (Å²) in [6.45, 7) is -0.351. The molecule has 0 atom stereocenters. The zero-order chi connectivity index (χ0) is 19.6. The molecule has 0 aliphatic carbocycles. The molecule has 3 rings (SSSR count). The number of phenolic OH excluding ortho intramolecular Hbond substituents is 1. The summed E-state index contributed by atoms with van der Waals surface area (Å²) in [6.07, 6.45) is 1.25. The third-order valence-electron chi connectivity index (χ3n) is 3.62. The van der Waals surface area contributed by atoms with E-state index in [0.717, 1.165) is 4.57 Å². The Kier molecular flexibility index (Phi) is 5.43. The van der Waals surface area contributed by atoms with Gasteiger partial charge in [-0.15, -0.1) is 0 Å². The van der Waals surface area contributed by atoms with E-state index in [1.807, 2.05) is 0 Å². The van der Waals surface area contributed by atoms with Crippen LogP contribution >= 0.6 is 27.5 Å². The quantitative estimate of drug-likeness (QED) is 0.527. The van der Waals surface area contributed by atoms with Gasteiger partial charge in [0.05, 0.1) is 22.8 Å². The van der Waals surface area contributed by atoms with Gasteiger partial charge in [-0.2, -0.15) is 0 Å². The van der Waals surface area contributed by atoms with E-state index < -0.39 is 17.4 Å². The SMILES string of the molecule is O=C(Cn1cnc2ccc(Br)cc2c1=O)NNC(=O)c1cc(Cl)ccc1O. The Hall–Kier alpha value is -2.91. The Bertz CT molecular complexity index is 1120. The summed E-state index contributed by atoms with van der Waals surface area (Å²) in [5.74, 6) is -1.69. The third kappa shape index (κ3) is 4.26. The number of halogens is 2. The largest absolute Gasteiger partial charge is 0.507 e. The van der Waals surface area contributed by atoms with Gasteiger partial charge in [-0.1, -0.05) is 27.5 Å². The van der Waals surface area contributed by atoms with Gasteiger partial charge in [0.15, 0.2) is 0 Å². The monoisotopic (exact) mass is 450 g/mol. The van der Waals surface area contributed by atoms with E-state index >= 15 is 0 Å². The zero-order valence-electron chi connectivity index (χ0n) is 13.6. The highest BCUT2D eigenvalue weighted by Gasteiger charge is 2.13. The molecule has 138 valence electrons. The van der Waals surface area contributed by atoms with Crippen LogP contribution in [0.3, 0.4) is 0 Å². The van der Waals surface area contributed by atoms with E-state index in [2.05, 4.69) is 31.8 Å². The van der Waals surface area contributed by atoms with Gasteiger partial charge in [-0.25, -0.2) is 4.98 Å². The Morgan fingerprint density at radius 3 is 2.74 bits per heavy atom. The lowest BCUT2D eigenvalue weighted by Gasteiger charge is -2.10. The normalized spacial score (nSPS) is 10.6. The van der Waals surface area contributed by atoms with E-state index in [-0.39, 0.29) is 22.9 Å². The van der Waals surface area contributed by atoms with E-state index in [0.29, 0.717) is 15.4 Å². The summed E-state index contributed by atoms with van der Waals surface area (Å²) in [7, 11) is 0. The lowest BCUT2D eigenvalue weighted by Crippen LogP contribution is -2.44. The molecule has 27 heavy (non-hydrogen) atoms. The number of hydrogen-bond acceptors (Lipinski definition) is 5. The average molecular weight is 452 g/mol. The Balaban J connectivity index is 1.70. The molecule has 0 spiro atoms. The molecule has 2 amide bonds. The molecule has 0 radical (unpaired) electrons. The molecule has 3 N–H and O–H groups in total. The molecular formula is C17H12BrClN4O4. The second kappa shape index (κ2) is 7.77. The van der Waals surface area contributed by atoms with Crippen LogP contribution in [-0.2, 0) is 11.3 Å². The molecule has 0 saturated heterocycles. The number of fused-ring (bicyclic) bond motifs is 1. The fraction of sp³-hybridized carbons (Fsp3) is 0.0588. The Labute approximate surface area is 165 Å². The molecule has 0 aliphatic heterocycles. The van der Waals surface area contributed by atoms with E-state index in [9.17, 15) is 19.5 Å². The number of phenols is 1. The van der Waals surface area contributed by atoms with Crippen LogP contribution in [0.4, 0.5) is 0 Å². The van der Waals surface area contributed by atoms with Crippen molar-refractivity contribution in [3.05, 3.63) is 68.1 Å². The third-order valence-corrected chi connectivity index (χ3v) is 4.35. The fourth-order valence-corrected chi connectivity index (χ4v) is 2.86. The van der Waals surface area contributed by atoms with Crippen LogP contribution in [0, 0.1) is 0 Å². The van der Waals surface area contributed by atoms with Gasteiger partial charge in [-0.05, 0) is 36.4 Å². The van der Waals surface area contributed by atoms with Crippen LogP contribution in [0.2, 0.25) is 5.02 Å². The number of hydrogen-bond donors (Lipinski definition) is 3. The standard InChI is InChI=1S/C17H12BrClN4O4/c18-9-1-3-13-11(5-9)17(27)23(8-20-13)7-15(25)21-22-16(26)12-6-10(19)2-4-14(12)24/h1-6,8,24H,7H2,(H,21,25)(H,22,26). The predicted molar refractivity (Wildman–Crippen MR) is 102 cm³/mol. The second-order valence-corrected chi connectivity index (χ2v) is 6.85. The fourth-order valence-electron chi connectivity index (χ4n) is 2.32. The summed E-state index contributed by atoms with van der Waals surface area (Å²) < 4.78 is 1.83. The smallest absolute Gasteiger partial charge is 0.273 e. The highest BCUT2D eigenvalue weighted by Crippen LogP contribution is 2.21. The maximum Gasteiger partial charge on any atom is 0.273 e. The minimum Gasteiger partial charge on any atom is -0.507 e. The number of nitrogens with one attached hydrogen (secondary N) is 2. The summed E-state index contributed by atoms with van der Waals surface area (Å²) in [4.78, 5) is 40.6. The van der Waals surface area contributed by atoms with Crippen molar-refractivity contribution in [2.24, 2.45) is 0 Å². The van der Waals surface area contributed by atoms with Crippen molar-refractivity contribution >= 4 is 50.2 Å². The van der Waals surface area contributed by atoms with Gasteiger partial charge in [0.25, 0.3) is 17.4 Å². The van der Waals surface area contributed by atoms with Crippen molar-refractivity contribution in [3.63, 3.8) is 0 Å². The first-order valence-electron chi connectivity index (χ1n) is 7.57. The first kappa shape index (κ1) is 18.9. The average Bonchev–Trinajstić information content (AvgIpc) is 2.64. The molecule has 1 heterocycles. The number of rotatable bonds is 3. The van der Waals surface area contributed by atoms with Crippen LogP contribution in [0.15, 0.2) is 52.0 Å². The number of aromatic hydroxyl groups is 1. The van der Waals surface area contributed by atoms with Gasteiger partial charge < -0.3 is 5.11 Å². The van der Waals surface area contributed by atoms with Gasteiger partial charge in [0.1, 0.15) is 12.3 Å². The van der Waals surface area contributed by atoms with Crippen molar-refractivity contribution in [1.29, 1.82) is 0 Å². The number of nitrogens with zero attached hydrogens (tertiary/aromatic N) is 2. The van der Waals surface area contributed by atoms with Gasteiger partial charge in [-0.3, -0.25) is 29.8 Å². The number of carbonyl (C=O) groups excluding carboxylic acids is 2. The minimum atomic E-state index is -0.753. The predicted octanol–water partition coefficient (Wildman–Crippen LogP) is 1.98. The second-order valence-electron chi connectivity index (χ2n) is 5.50. The van der Waals surface area contributed by atoms with Crippen molar-refractivity contribution in [1.82, 2.24) is 20.4 Å². The number of amides is 2. The van der Waals surface area contributed by atoms with Crippen LogP contribution in [0.1, 0.15) is 10.4 Å². The number of aromatic nitrogens is 2. The minimum absolute atomic E-state index is 0.0998. The topological polar surface area (TPSA) is 113 Å². The summed E-state index contributed by atoms with van der Waals surface area (Å²) in [5.41, 5.74) is 4.34. The van der Waals surface area contributed by atoms with Crippen molar-refractivity contribution < 1.29 is 14.7 Å². The number of carbonyl (C=O) groups is 2. The molecule has 10 heteroatoms. The lowest BCUT2D eigenvalue weighted by molar-refractivity contribution is -0.122. The molecule has 0 fully saturated rings. The van der Waals surface area contributed by atoms with E-state index in [4.69, 9.17) is 11.6 Å². The highest BCUT2D eigenvalue weighted by molar-refractivity contribution is 9.10. The molecule has 1 aromatic heterocycles. The highest BCUT2D eigenvalue weighted by atomic mass is 79.9. The zero-order valence-corrected chi connectivity index (χ0v) is 15.9. The summed E-state index contributed by atoms with van der Waals surface area (Å²) >= 11 is 9.06. The van der Waals surface area contributed by atoms with Crippen molar-refractivity contribution in [2.75, 3.05) is 0 Å². The molecule has 8 nitrogen and oxygen atoms in total. The van der Waals surface area contributed by atoms with Gasteiger partial charge in [0.2, 0.25) is 0 Å². The number of hydrazine groups is 1. The lowest BCUT2D eigenvalue weighted by atomic mass is 10.2. The molecule has 0 saturated carbocycles. The van der Waals surface area contributed by atoms with Crippen LogP contribution in [0.5, 0.6) is 5.75 Å². The summed E-state index contributed by atoms with van der Waals surface area (Å²) in [5, 5.41) is 10.3. The maximum absolute atomic E-state index is 12.4. The van der Waals surface area contributed by atoms with E-state index in [1.54, 1.807) is 18.2 Å². The molecule has 0 unspecified atom stereocenters. The Morgan fingerprint density at radius 1 is 1.19 bits per heavy atom. The molecule has 2 aromatic carbocycles. The van der Waals surface area contributed by atoms with E-state index in [1.165, 1.54) is 24.5 Å². The van der Waals surface area contributed by atoms with Crippen molar-refractivity contribution in [3.8, 4) is 5.75 Å². The molecular weight excluding hydrogens is 440 g/mol.